The van der Waals surface area contributed by atoms with Crippen LogP contribution in [0.2, 0.25) is 0 Å². The van der Waals surface area contributed by atoms with Gasteiger partial charge in [0.15, 0.2) is 0 Å². The van der Waals surface area contributed by atoms with E-state index in [1.165, 1.54) is 0 Å². The Labute approximate surface area is 148 Å². The summed E-state index contributed by atoms with van der Waals surface area (Å²) in [5.41, 5.74) is 4.99. The summed E-state index contributed by atoms with van der Waals surface area (Å²) in [6.45, 7) is 5.82. The lowest BCUT2D eigenvalue weighted by atomic mass is 10.1. The summed E-state index contributed by atoms with van der Waals surface area (Å²) in [4.78, 5) is 2.51. The van der Waals surface area contributed by atoms with Crippen LogP contribution in [0.1, 0.15) is 22.4 Å². The second-order valence-electron chi connectivity index (χ2n) is 6.17. The highest BCUT2D eigenvalue weighted by Gasteiger charge is 2.14. The number of nitrogens with zero attached hydrogens (tertiary/aromatic N) is 2. The van der Waals surface area contributed by atoms with Gasteiger partial charge in [-0.2, -0.15) is 13.5 Å². The second kappa shape index (κ2) is 6.37. The molecule has 1 N–H and O–H groups in total. The topological polar surface area (TPSA) is 63.5 Å². The van der Waals surface area contributed by atoms with Crippen molar-refractivity contribution in [1.29, 1.82) is 0 Å². The van der Waals surface area contributed by atoms with Gasteiger partial charge in [0.05, 0.1) is 11.1 Å². The minimum Gasteiger partial charge on any atom is -0.347 e. The maximum Gasteiger partial charge on any atom is 0.276 e. The fourth-order valence-electron chi connectivity index (χ4n) is 2.81. The number of aromatic nitrogens is 1. The largest absolute Gasteiger partial charge is 0.347 e. The molecule has 1 heterocycles. The molecule has 0 fully saturated rings. The summed E-state index contributed by atoms with van der Waals surface area (Å²) < 4.78 is 26.9. The van der Waals surface area contributed by atoms with Crippen molar-refractivity contribution in [3.05, 3.63) is 64.8 Å². The molecule has 130 valence electrons. The SMILES string of the molecule is Cc1ccc(S(=O)(=O)N/N=C/c2c(C)n(C)c3ccccc23)cc1C. The van der Waals surface area contributed by atoms with Crippen molar-refractivity contribution < 1.29 is 8.42 Å². The molecule has 25 heavy (non-hydrogen) atoms. The maximum absolute atomic E-state index is 12.4. The molecule has 1 aromatic heterocycles. The number of hydrogen-bond acceptors (Lipinski definition) is 3. The number of aryl methyl sites for hydroxylation is 3. The van der Waals surface area contributed by atoms with Crippen molar-refractivity contribution in [3.8, 4) is 0 Å². The molecule has 0 aliphatic carbocycles. The van der Waals surface area contributed by atoms with Crippen LogP contribution in [0.4, 0.5) is 0 Å². The van der Waals surface area contributed by atoms with Gasteiger partial charge in [-0.05, 0) is 50.1 Å². The highest BCUT2D eigenvalue weighted by Crippen LogP contribution is 2.23. The van der Waals surface area contributed by atoms with E-state index in [1.54, 1.807) is 24.4 Å². The van der Waals surface area contributed by atoms with Crippen LogP contribution >= 0.6 is 0 Å². The molecule has 0 radical (unpaired) electrons. The molecule has 0 spiro atoms. The molecule has 0 atom stereocenters. The van der Waals surface area contributed by atoms with Crippen LogP contribution in [-0.4, -0.2) is 19.2 Å². The molecule has 3 aromatic rings. The van der Waals surface area contributed by atoms with E-state index in [-0.39, 0.29) is 4.90 Å². The highest BCUT2D eigenvalue weighted by molar-refractivity contribution is 7.89. The first-order chi connectivity index (χ1) is 11.8. The molecule has 0 bridgehead atoms. The number of nitrogens with one attached hydrogen (secondary N) is 1. The van der Waals surface area contributed by atoms with Crippen LogP contribution in [0.3, 0.4) is 0 Å². The molecular formula is C19H21N3O2S. The van der Waals surface area contributed by atoms with E-state index in [0.717, 1.165) is 33.3 Å². The summed E-state index contributed by atoms with van der Waals surface area (Å²) >= 11 is 0. The summed E-state index contributed by atoms with van der Waals surface area (Å²) in [7, 11) is -1.70. The van der Waals surface area contributed by atoms with Crippen LogP contribution in [0.5, 0.6) is 0 Å². The first-order valence-corrected chi connectivity index (χ1v) is 9.46. The molecule has 6 heteroatoms. The molecule has 0 saturated heterocycles. The van der Waals surface area contributed by atoms with Gasteiger partial charge in [0.2, 0.25) is 0 Å². The fraction of sp³-hybridized carbons (Fsp3) is 0.211. The van der Waals surface area contributed by atoms with Crippen LogP contribution in [0.15, 0.2) is 52.5 Å². The summed E-state index contributed by atoms with van der Waals surface area (Å²) in [6.07, 6.45) is 1.57. The molecule has 0 aliphatic heterocycles. The van der Waals surface area contributed by atoms with Gasteiger partial charge in [-0.15, -0.1) is 0 Å². The Kier molecular flexibility index (Phi) is 4.39. The molecular weight excluding hydrogens is 334 g/mol. The Morgan fingerprint density at radius 2 is 1.76 bits per heavy atom. The van der Waals surface area contributed by atoms with Crippen molar-refractivity contribution in [2.24, 2.45) is 12.1 Å². The highest BCUT2D eigenvalue weighted by atomic mass is 32.2. The van der Waals surface area contributed by atoms with E-state index in [9.17, 15) is 8.42 Å². The van der Waals surface area contributed by atoms with E-state index in [1.807, 2.05) is 52.1 Å². The molecule has 0 amide bonds. The van der Waals surface area contributed by atoms with Gasteiger partial charge in [-0.1, -0.05) is 24.3 Å². The first kappa shape index (κ1) is 17.2. The van der Waals surface area contributed by atoms with Gasteiger partial charge in [-0.3, -0.25) is 0 Å². The zero-order valence-electron chi connectivity index (χ0n) is 14.7. The third kappa shape index (κ3) is 3.17. The van der Waals surface area contributed by atoms with Gasteiger partial charge < -0.3 is 4.57 Å². The summed E-state index contributed by atoms with van der Waals surface area (Å²) in [5, 5.41) is 5.03. The normalized spacial score (nSPS) is 12.2. The van der Waals surface area contributed by atoms with Gasteiger partial charge in [0, 0.05) is 29.2 Å². The van der Waals surface area contributed by atoms with Crippen molar-refractivity contribution in [2.45, 2.75) is 25.7 Å². The molecule has 0 aliphatic rings. The maximum atomic E-state index is 12.4. The van der Waals surface area contributed by atoms with Crippen molar-refractivity contribution >= 4 is 27.1 Å². The molecule has 5 nitrogen and oxygen atoms in total. The minimum absolute atomic E-state index is 0.211. The average Bonchev–Trinajstić information content (AvgIpc) is 2.82. The van der Waals surface area contributed by atoms with Crippen LogP contribution in [0, 0.1) is 20.8 Å². The van der Waals surface area contributed by atoms with Gasteiger partial charge in [0.25, 0.3) is 10.0 Å². The summed E-state index contributed by atoms with van der Waals surface area (Å²) in [6, 6.07) is 13.0. The lowest BCUT2D eigenvalue weighted by Gasteiger charge is -2.06. The number of rotatable bonds is 4. The number of para-hydroxylation sites is 1. The Bertz CT molecular complexity index is 1080. The van der Waals surface area contributed by atoms with Crippen LogP contribution < -0.4 is 4.83 Å². The Morgan fingerprint density at radius 1 is 1.04 bits per heavy atom. The van der Waals surface area contributed by atoms with E-state index < -0.39 is 10.0 Å². The van der Waals surface area contributed by atoms with Gasteiger partial charge in [-0.25, -0.2) is 4.83 Å². The third-order valence-electron chi connectivity index (χ3n) is 4.60. The molecule has 0 unspecified atom stereocenters. The zero-order valence-corrected chi connectivity index (χ0v) is 15.6. The smallest absolute Gasteiger partial charge is 0.276 e. The van der Waals surface area contributed by atoms with Crippen LogP contribution in [0.25, 0.3) is 10.9 Å². The number of sulfonamides is 1. The molecule has 0 saturated carbocycles. The van der Waals surface area contributed by atoms with Crippen molar-refractivity contribution in [1.82, 2.24) is 9.40 Å². The van der Waals surface area contributed by atoms with Gasteiger partial charge >= 0.3 is 0 Å². The number of hydrogen-bond donors (Lipinski definition) is 1. The Hall–Kier alpha value is -2.60. The number of fused-ring (bicyclic) bond motifs is 1. The van der Waals surface area contributed by atoms with E-state index in [4.69, 9.17) is 0 Å². The van der Waals surface area contributed by atoms with Crippen LogP contribution in [-0.2, 0) is 17.1 Å². The average molecular weight is 355 g/mol. The predicted molar refractivity (Wildman–Crippen MR) is 101 cm³/mol. The quantitative estimate of drug-likeness (QED) is 0.576. The third-order valence-corrected chi connectivity index (χ3v) is 5.82. The van der Waals surface area contributed by atoms with E-state index in [2.05, 4.69) is 14.5 Å². The Balaban J connectivity index is 1.91. The second-order valence-corrected chi connectivity index (χ2v) is 7.84. The van der Waals surface area contributed by atoms with Crippen molar-refractivity contribution in [2.75, 3.05) is 0 Å². The molecule has 2 aromatic carbocycles. The monoisotopic (exact) mass is 355 g/mol. The van der Waals surface area contributed by atoms with Gasteiger partial charge in [0.1, 0.15) is 0 Å². The standard InChI is InChI=1S/C19H21N3O2S/c1-13-9-10-16(11-14(13)2)25(23,24)21-20-12-18-15(3)22(4)19-8-6-5-7-17(18)19/h5-12,21H,1-4H3/b20-12+. The Morgan fingerprint density at radius 3 is 2.48 bits per heavy atom. The minimum atomic E-state index is -3.68. The van der Waals surface area contributed by atoms with E-state index >= 15 is 0 Å². The number of hydrazone groups is 1. The molecule has 3 rings (SSSR count). The van der Waals surface area contributed by atoms with Crippen molar-refractivity contribution in [3.63, 3.8) is 0 Å². The lowest BCUT2D eigenvalue weighted by molar-refractivity contribution is 0.584. The predicted octanol–water partition coefficient (Wildman–Crippen LogP) is 3.42. The lowest BCUT2D eigenvalue weighted by Crippen LogP contribution is -2.18. The summed E-state index contributed by atoms with van der Waals surface area (Å²) in [5.74, 6) is 0. The van der Waals surface area contributed by atoms with E-state index in [0.29, 0.717) is 0 Å². The zero-order chi connectivity index (χ0) is 18.2. The first-order valence-electron chi connectivity index (χ1n) is 7.97. The number of benzene rings is 2. The fourth-order valence-corrected chi connectivity index (χ4v) is 3.68.